The zero-order chi connectivity index (χ0) is 9.56. The molecule has 2 amide bonds. The van der Waals surface area contributed by atoms with E-state index in [0.29, 0.717) is 6.42 Å². The summed E-state index contributed by atoms with van der Waals surface area (Å²) in [6.07, 6.45) is 1.17. The Hall–Kier alpha value is -1.26. The second-order valence-electron chi connectivity index (χ2n) is 2.40. The number of rotatable bonds is 4. The maximum Gasteiger partial charge on any atom is 0.326 e. The molecule has 0 aliphatic heterocycles. The molecule has 1 unspecified atom stereocenters. The molecule has 5 heteroatoms. The molecule has 0 aromatic rings. The molecule has 0 aliphatic carbocycles. The quantitative estimate of drug-likeness (QED) is 0.568. The third-order valence-electron chi connectivity index (χ3n) is 1.41. The highest BCUT2D eigenvalue weighted by Gasteiger charge is 2.17. The molecule has 3 N–H and O–H groups in total. The topological polar surface area (TPSA) is 78.4 Å². The molecule has 0 radical (unpaired) electrons. The molecule has 0 saturated carbocycles. The molecule has 12 heavy (non-hydrogen) atoms. The van der Waals surface area contributed by atoms with Crippen LogP contribution in [0.5, 0.6) is 0 Å². The van der Waals surface area contributed by atoms with Gasteiger partial charge in [0.25, 0.3) is 0 Å². The average molecular weight is 174 g/mol. The Kier molecular flexibility index (Phi) is 4.83. The van der Waals surface area contributed by atoms with Crippen molar-refractivity contribution in [3.8, 4) is 0 Å². The minimum Gasteiger partial charge on any atom is -0.480 e. The lowest BCUT2D eigenvalue weighted by atomic mass is 10.2. The highest BCUT2D eigenvalue weighted by atomic mass is 16.4. The summed E-state index contributed by atoms with van der Waals surface area (Å²) < 4.78 is 0. The summed E-state index contributed by atoms with van der Waals surface area (Å²) in [7, 11) is 1.44. The van der Waals surface area contributed by atoms with Crippen molar-refractivity contribution in [1.82, 2.24) is 10.6 Å². The van der Waals surface area contributed by atoms with Gasteiger partial charge in [-0.15, -0.1) is 0 Å². The number of aliphatic carboxylic acids is 1. The van der Waals surface area contributed by atoms with Gasteiger partial charge in [0.1, 0.15) is 6.04 Å². The molecule has 5 nitrogen and oxygen atoms in total. The second-order valence-corrected chi connectivity index (χ2v) is 2.40. The zero-order valence-electron chi connectivity index (χ0n) is 7.26. The first-order valence-electron chi connectivity index (χ1n) is 3.82. The predicted octanol–water partition coefficient (Wildman–Crippen LogP) is 0.169. The van der Waals surface area contributed by atoms with Gasteiger partial charge in [-0.2, -0.15) is 0 Å². The van der Waals surface area contributed by atoms with E-state index in [9.17, 15) is 9.59 Å². The molecule has 70 valence electrons. The summed E-state index contributed by atoms with van der Waals surface area (Å²) in [5.74, 6) is -1.000. The lowest BCUT2D eigenvalue weighted by Gasteiger charge is -2.12. The summed E-state index contributed by atoms with van der Waals surface area (Å²) >= 11 is 0. The zero-order valence-corrected chi connectivity index (χ0v) is 7.26. The fourth-order valence-electron chi connectivity index (χ4n) is 0.776. The minimum atomic E-state index is -1.000. The number of amides is 2. The summed E-state index contributed by atoms with van der Waals surface area (Å²) in [5.41, 5.74) is 0. The molecular weight excluding hydrogens is 160 g/mol. The molecule has 0 aromatic carbocycles. The van der Waals surface area contributed by atoms with E-state index in [1.165, 1.54) is 7.05 Å². The SMILES string of the molecule is CCCC(NC(=O)NC)C(=O)O. The van der Waals surface area contributed by atoms with Gasteiger partial charge in [-0.1, -0.05) is 13.3 Å². The fraction of sp³-hybridized carbons (Fsp3) is 0.714. The molecule has 0 saturated heterocycles. The normalized spacial score (nSPS) is 11.8. The van der Waals surface area contributed by atoms with Crippen molar-refractivity contribution in [3.05, 3.63) is 0 Å². The number of carboxylic acids is 1. The van der Waals surface area contributed by atoms with Gasteiger partial charge in [0.2, 0.25) is 0 Å². The number of hydrogen-bond donors (Lipinski definition) is 3. The Morgan fingerprint density at radius 1 is 1.50 bits per heavy atom. The average Bonchev–Trinajstić information content (AvgIpc) is 2.03. The van der Waals surface area contributed by atoms with Crippen LogP contribution in [-0.2, 0) is 4.79 Å². The van der Waals surface area contributed by atoms with Crippen molar-refractivity contribution < 1.29 is 14.7 Å². The number of carbonyl (C=O) groups is 2. The van der Waals surface area contributed by atoms with E-state index < -0.39 is 18.0 Å². The third kappa shape index (κ3) is 3.80. The third-order valence-corrected chi connectivity index (χ3v) is 1.41. The number of carbonyl (C=O) groups excluding carboxylic acids is 1. The first-order chi connectivity index (χ1) is 5.61. The van der Waals surface area contributed by atoms with Crippen LogP contribution in [0.1, 0.15) is 19.8 Å². The van der Waals surface area contributed by atoms with Gasteiger partial charge in [-0.05, 0) is 6.42 Å². The summed E-state index contributed by atoms with van der Waals surface area (Å²) in [5, 5.41) is 13.2. The molecule has 0 bridgehead atoms. The predicted molar refractivity (Wildman–Crippen MR) is 43.9 cm³/mol. The number of carboxylic acid groups (broad SMARTS) is 1. The second kappa shape index (κ2) is 5.40. The lowest BCUT2D eigenvalue weighted by molar-refractivity contribution is -0.139. The summed E-state index contributed by atoms with van der Waals surface area (Å²) in [6, 6.07) is -1.24. The smallest absolute Gasteiger partial charge is 0.326 e. The van der Waals surface area contributed by atoms with Gasteiger partial charge >= 0.3 is 12.0 Å². The minimum absolute atomic E-state index is 0.447. The van der Waals surface area contributed by atoms with Crippen LogP contribution in [0.25, 0.3) is 0 Å². The Morgan fingerprint density at radius 3 is 2.42 bits per heavy atom. The number of hydrogen-bond acceptors (Lipinski definition) is 2. The van der Waals surface area contributed by atoms with E-state index in [1.54, 1.807) is 0 Å². The summed E-state index contributed by atoms with van der Waals surface area (Å²) in [4.78, 5) is 21.2. The summed E-state index contributed by atoms with van der Waals surface area (Å²) in [6.45, 7) is 1.86. The number of urea groups is 1. The van der Waals surface area contributed by atoms with Gasteiger partial charge in [-0.25, -0.2) is 9.59 Å². The Bertz CT molecular complexity index is 168. The lowest BCUT2D eigenvalue weighted by Crippen LogP contribution is -2.44. The van der Waals surface area contributed by atoms with Gasteiger partial charge in [0.15, 0.2) is 0 Å². The van der Waals surface area contributed by atoms with E-state index >= 15 is 0 Å². The van der Waals surface area contributed by atoms with E-state index in [4.69, 9.17) is 5.11 Å². The molecule has 1 atom stereocenters. The van der Waals surface area contributed by atoms with Crippen molar-refractivity contribution in [3.63, 3.8) is 0 Å². The van der Waals surface area contributed by atoms with E-state index in [-0.39, 0.29) is 0 Å². The van der Waals surface area contributed by atoms with Crippen LogP contribution < -0.4 is 10.6 Å². The van der Waals surface area contributed by atoms with Crippen LogP contribution in [0.3, 0.4) is 0 Å². The maximum absolute atomic E-state index is 10.7. The maximum atomic E-state index is 10.7. The van der Waals surface area contributed by atoms with E-state index in [2.05, 4.69) is 10.6 Å². The fourth-order valence-corrected chi connectivity index (χ4v) is 0.776. The molecule has 0 rings (SSSR count). The van der Waals surface area contributed by atoms with Crippen LogP contribution in [-0.4, -0.2) is 30.2 Å². The van der Waals surface area contributed by atoms with Crippen LogP contribution >= 0.6 is 0 Å². The molecule has 0 spiro atoms. The monoisotopic (exact) mass is 174 g/mol. The number of nitrogens with one attached hydrogen (secondary N) is 2. The van der Waals surface area contributed by atoms with E-state index in [0.717, 1.165) is 6.42 Å². The van der Waals surface area contributed by atoms with Gasteiger partial charge < -0.3 is 15.7 Å². The van der Waals surface area contributed by atoms with Crippen LogP contribution in [0.4, 0.5) is 4.79 Å². The van der Waals surface area contributed by atoms with Crippen LogP contribution in [0.15, 0.2) is 0 Å². The molecular formula is C7H14N2O3. The highest BCUT2D eigenvalue weighted by Crippen LogP contribution is 1.95. The van der Waals surface area contributed by atoms with Gasteiger partial charge in [-0.3, -0.25) is 0 Å². The van der Waals surface area contributed by atoms with Gasteiger partial charge in [0, 0.05) is 7.05 Å². The van der Waals surface area contributed by atoms with Gasteiger partial charge in [0.05, 0.1) is 0 Å². The van der Waals surface area contributed by atoms with Crippen molar-refractivity contribution in [2.75, 3.05) is 7.05 Å². The van der Waals surface area contributed by atoms with E-state index in [1.807, 2.05) is 6.92 Å². The largest absolute Gasteiger partial charge is 0.480 e. The first-order valence-corrected chi connectivity index (χ1v) is 3.82. The Balaban J connectivity index is 3.95. The highest BCUT2D eigenvalue weighted by molar-refractivity contribution is 5.82. The standard InChI is InChI=1S/C7H14N2O3/c1-3-4-5(6(10)11)9-7(12)8-2/h5H,3-4H2,1-2H3,(H,10,11)(H2,8,9,12). The molecule has 0 aliphatic rings. The Labute approximate surface area is 71.1 Å². The molecule has 0 fully saturated rings. The van der Waals surface area contributed by atoms with Crippen LogP contribution in [0, 0.1) is 0 Å². The van der Waals surface area contributed by atoms with Crippen molar-refractivity contribution >= 4 is 12.0 Å². The van der Waals surface area contributed by atoms with Crippen molar-refractivity contribution in [2.45, 2.75) is 25.8 Å². The van der Waals surface area contributed by atoms with Crippen LogP contribution in [0.2, 0.25) is 0 Å². The molecule has 0 heterocycles. The van der Waals surface area contributed by atoms with Crippen molar-refractivity contribution in [2.24, 2.45) is 0 Å². The Morgan fingerprint density at radius 2 is 2.08 bits per heavy atom. The first kappa shape index (κ1) is 10.7. The molecule has 0 aromatic heterocycles. The van der Waals surface area contributed by atoms with Crippen molar-refractivity contribution in [1.29, 1.82) is 0 Å².